The predicted molar refractivity (Wildman–Crippen MR) is 86.4 cm³/mol. The highest BCUT2D eigenvalue weighted by atomic mass is 16.3. The maximum absolute atomic E-state index is 11.5. The number of amides is 1. The van der Waals surface area contributed by atoms with Gasteiger partial charge >= 0.3 is 0 Å². The molecule has 0 aromatic carbocycles. The van der Waals surface area contributed by atoms with Gasteiger partial charge in [0.2, 0.25) is 5.95 Å². The fourth-order valence-corrected chi connectivity index (χ4v) is 1.86. The summed E-state index contributed by atoms with van der Waals surface area (Å²) in [6.07, 6.45) is 5.25. The first-order valence-corrected chi connectivity index (χ1v) is 7.13. The number of nitrogens with one attached hydrogen (secondary N) is 2. The van der Waals surface area contributed by atoms with Crippen molar-refractivity contribution >= 4 is 23.4 Å². The highest BCUT2D eigenvalue weighted by Crippen LogP contribution is 2.17. The molecule has 0 atom stereocenters. The van der Waals surface area contributed by atoms with E-state index in [1.54, 1.807) is 38.0 Å². The first kappa shape index (κ1) is 16.7. The van der Waals surface area contributed by atoms with Crippen LogP contribution in [0.5, 0.6) is 0 Å². The number of nitrogens with zero attached hydrogens (tertiary/aromatic N) is 4. The molecule has 124 valence electrons. The number of primary amides is 1. The highest BCUT2D eigenvalue weighted by Gasteiger charge is 2.15. The zero-order valence-electron chi connectivity index (χ0n) is 13.4. The second-order valence-corrected chi connectivity index (χ2v) is 5.84. The van der Waals surface area contributed by atoms with E-state index in [0.29, 0.717) is 24.7 Å². The standard InChI is InChI=1S/C14H21N7O2/c1-14(2,23)4-5-16-12-10(11(15)22)7-17-13(20-12)19-9-6-18-21(3)8-9/h6-8,23H,4-5H2,1-3H3,(H2,15,22)(H2,16,17,19,20). The summed E-state index contributed by atoms with van der Waals surface area (Å²) in [7, 11) is 1.80. The molecule has 23 heavy (non-hydrogen) atoms. The molecule has 2 rings (SSSR count). The quantitative estimate of drug-likeness (QED) is 0.588. The van der Waals surface area contributed by atoms with Gasteiger partial charge in [0.15, 0.2) is 0 Å². The number of anilines is 3. The molecule has 2 aromatic heterocycles. The van der Waals surface area contributed by atoms with Crippen LogP contribution in [0.3, 0.4) is 0 Å². The Balaban J connectivity index is 2.16. The third-order valence-corrected chi connectivity index (χ3v) is 3.04. The minimum atomic E-state index is -0.816. The maximum atomic E-state index is 11.5. The van der Waals surface area contributed by atoms with Crippen LogP contribution in [-0.4, -0.2) is 42.9 Å². The van der Waals surface area contributed by atoms with Crippen LogP contribution in [-0.2, 0) is 7.05 Å². The summed E-state index contributed by atoms with van der Waals surface area (Å²) in [6.45, 7) is 3.85. The van der Waals surface area contributed by atoms with Crippen molar-refractivity contribution in [2.75, 3.05) is 17.2 Å². The SMILES string of the molecule is Cn1cc(Nc2ncc(C(N)=O)c(NCCC(C)(C)O)n2)cn1. The summed E-state index contributed by atoms with van der Waals surface area (Å²) in [6, 6.07) is 0. The van der Waals surface area contributed by atoms with Gasteiger partial charge in [0, 0.05) is 26.0 Å². The monoisotopic (exact) mass is 319 g/mol. The summed E-state index contributed by atoms with van der Waals surface area (Å²) >= 11 is 0. The van der Waals surface area contributed by atoms with Crippen molar-refractivity contribution in [2.24, 2.45) is 12.8 Å². The molecule has 1 amide bonds. The molecular weight excluding hydrogens is 298 g/mol. The summed E-state index contributed by atoms with van der Waals surface area (Å²) in [5.74, 6) is 0.0144. The molecule has 0 spiro atoms. The van der Waals surface area contributed by atoms with Crippen molar-refractivity contribution in [3.8, 4) is 0 Å². The van der Waals surface area contributed by atoms with Crippen molar-refractivity contribution in [3.63, 3.8) is 0 Å². The Morgan fingerprint density at radius 1 is 1.43 bits per heavy atom. The van der Waals surface area contributed by atoms with Crippen molar-refractivity contribution in [3.05, 3.63) is 24.2 Å². The van der Waals surface area contributed by atoms with E-state index < -0.39 is 11.5 Å². The molecule has 9 nitrogen and oxygen atoms in total. The van der Waals surface area contributed by atoms with Crippen molar-refractivity contribution in [1.82, 2.24) is 19.7 Å². The molecule has 0 saturated carbocycles. The number of nitrogens with two attached hydrogens (primary N) is 1. The van der Waals surface area contributed by atoms with E-state index in [2.05, 4.69) is 25.7 Å². The molecule has 2 aromatic rings. The van der Waals surface area contributed by atoms with Gasteiger partial charge < -0.3 is 21.5 Å². The fourth-order valence-electron chi connectivity index (χ4n) is 1.86. The van der Waals surface area contributed by atoms with Gasteiger partial charge in [-0.2, -0.15) is 10.1 Å². The molecule has 5 N–H and O–H groups in total. The van der Waals surface area contributed by atoms with Crippen LogP contribution in [0.1, 0.15) is 30.6 Å². The third kappa shape index (κ3) is 4.92. The molecule has 0 unspecified atom stereocenters. The molecule has 0 fully saturated rings. The number of hydrogen-bond donors (Lipinski definition) is 4. The van der Waals surface area contributed by atoms with E-state index in [1.807, 2.05) is 0 Å². The second-order valence-electron chi connectivity index (χ2n) is 5.84. The van der Waals surface area contributed by atoms with Crippen molar-refractivity contribution in [2.45, 2.75) is 25.9 Å². The average Bonchev–Trinajstić information content (AvgIpc) is 2.82. The minimum absolute atomic E-state index is 0.192. The molecule has 0 aliphatic heterocycles. The van der Waals surface area contributed by atoms with Gasteiger partial charge in [-0.05, 0) is 20.3 Å². The Morgan fingerprint density at radius 2 is 2.17 bits per heavy atom. The predicted octanol–water partition coefficient (Wildman–Crippen LogP) is 0.625. The maximum Gasteiger partial charge on any atom is 0.254 e. The molecule has 9 heteroatoms. The van der Waals surface area contributed by atoms with E-state index in [-0.39, 0.29) is 5.56 Å². The second kappa shape index (κ2) is 6.61. The zero-order valence-corrected chi connectivity index (χ0v) is 13.4. The number of rotatable bonds is 7. The summed E-state index contributed by atoms with van der Waals surface area (Å²) in [4.78, 5) is 19.8. The van der Waals surface area contributed by atoms with Crippen LogP contribution < -0.4 is 16.4 Å². The van der Waals surface area contributed by atoms with Crippen LogP contribution in [0.2, 0.25) is 0 Å². The smallest absolute Gasteiger partial charge is 0.254 e. The van der Waals surface area contributed by atoms with Gasteiger partial charge in [-0.25, -0.2) is 4.98 Å². The van der Waals surface area contributed by atoms with Crippen molar-refractivity contribution < 1.29 is 9.90 Å². The van der Waals surface area contributed by atoms with Crippen LogP contribution in [0.25, 0.3) is 0 Å². The van der Waals surface area contributed by atoms with Gasteiger partial charge in [0.1, 0.15) is 5.82 Å². The molecule has 0 bridgehead atoms. The topological polar surface area (TPSA) is 131 Å². The lowest BCUT2D eigenvalue weighted by atomic mass is 10.1. The third-order valence-electron chi connectivity index (χ3n) is 3.04. The van der Waals surface area contributed by atoms with Gasteiger partial charge in [-0.1, -0.05) is 0 Å². The molecule has 0 radical (unpaired) electrons. The molecule has 0 aliphatic carbocycles. The van der Waals surface area contributed by atoms with Gasteiger partial charge in [-0.15, -0.1) is 0 Å². The number of hydrogen-bond acceptors (Lipinski definition) is 7. The zero-order chi connectivity index (χ0) is 17.0. The number of aromatic nitrogens is 4. The number of aliphatic hydroxyl groups is 1. The largest absolute Gasteiger partial charge is 0.390 e. The number of carbonyl (C=O) groups is 1. The van der Waals surface area contributed by atoms with Gasteiger partial charge in [0.25, 0.3) is 5.91 Å². The van der Waals surface area contributed by atoms with E-state index in [4.69, 9.17) is 5.73 Å². The Hall–Kier alpha value is -2.68. The Kier molecular flexibility index (Phi) is 4.80. The lowest BCUT2D eigenvalue weighted by molar-refractivity contribution is 0.0748. The number of carbonyl (C=O) groups excluding carboxylic acids is 1. The summed E-state index contributed by atoms with van der Waals surface area (Å²) in [5.41, 5.74) is 5.44. The number of aryl methyl sites for hydroxylation is 1. The first-order chi connectivity index (χ1) is 10.7. The first-order valence-electron chi connectivity index (χ1n) is 7.13. The van der Waals surface area contributed by atoms with Crippen molar-refractivity contribution in [1.29, 1.82) is 0 Å². The minimum Gasteiger partial charge on any atom is -0.390 e. The normalized spacial score (nSPS) is 11.3. The molecule has 0 aliphatic rings. The van der Waals surface area contributed by atoms with Crippen LogP contribution in [0.15, 0.2) is 18.6 Å². The van der Waals surface area contributed by atoms with Gasteiger partial charge in [0.05, 0.1) is 23.0 Å². The fraction of sp³-hybridized carbons (Fsp3) is 0.429. The Morgan fingerprint density at radius 3 is 2.74 bits per heavy atom. The van der Waals surface area contributed by atoms with Crippen LogP contribution in [0.4, 0.5) is 17.5 Å². The van der Waals surface area contributed by atoms with Crippen LogP contribution >= 0.6 is 0 Å². The summed E-state index contributed by atoms with van der Waals surface area (Å²) < 4.78 is 1.64. The molecule has 2 heterocycles. The van der Waals surface area contributed by atoms with E-state index >= 15 is 0 Å². The molecular formula is C14H21N7O2. The highest BCUT2D eigenvalue weighted by molar-refractivity contribution is 5.97. The van der Waals surface area contributed by atoms with Gasteiger partial charge in [-0.3, -0.25) is 9.48 Å². The average molecular weight is 319 g/mol. The lowest BCUT2D eigenvalue weighted by Crippen LogP contribution is -2.24. The van der Waals surface area contributed by atoms with Crippen LogP contribution in [0, 0.1) is 0 Å². The van der Waals surface area contributed by atoms with E-state index in [9.17, 15) is 9.90 Å². The lowest BCUT2D eigenvalue weighted by Gasteiger charge is -2.18. The Labute approximate surface area is 133 Å². The molecule has 0 saturated heterocycles. The Bertz CT molecular complexity index is 691. The van der Waals surface area contributed by atoms with E-state index in [0.717, 1.165) is 5.69 Å². The van der Waals surface area contributed by atoms with E-state index in [1.165, 1.54) is 6.20 Å². The summed E-state index contributed by atoms with van der Waals surface area (Å²) in [5, 5.41) is 19.8.